The Morgan fingerprint density at radius 2 is 1.88 bits per heavy atom. The molecule has 0 aromatic carbocycles. The van der Waals surface area contributed by atoms with Crippen LogP contribution in [0.2, 0.25) is 0 Å². The molecule has 0 heterocycles. The number of hydrogen-bond acceptors (Lipinski definition) is 3. The Bertz CT molecular complexity index is 101. The molecule has 1 aliphatic rings. The highest BCUT2D eigenvalue weighted by Crippen LogP contribution is 2.05. The maximum atomic E-state index is 8.88. The highest BCUT2D eigenvalue weighted by Gasteiger charge is 2.22. The lowest BCUT2D eigenvalue weighted by Crippen LogP contribution is -2.43. The van der Waals surface area contributed by atoms with Gasteiger partial charge in [0.1, 0.15) is 0 Å². The average molecular weight is 114 g/mol. The van der Waals surface area contributed by atoms with Gasteiger partial charge < -0.3 is 16.6 Å². The summed E-state index contributed by atoms with van der Waals surface area (Å²) in [6.07, 6.45) is 2.80. The first kappa shape index (κ1) is 5.75. The summed E-state index contributed by atoms with van der Waals surface area (Å²) in [6.45, 7) is 0. The molecule has 3 atom stereocenters. The molecule has 0 amide bonds. The maximum absolute atomic E-state index is 8.88. The van der Waals surface area contributed by atoms with E-state index in [9.17, 15) is 0 Å². The summed E-state index contributed by atoms with van der Waals surface area (Å²) in [6, 6.07) is -0.458. The third-order valence-electron chi connectivity index (χ3n) is 1.37. The third-order valence-corrected chi connectivity index (χ3v) is 1.37. The Morgan fingerprint density at radius 1 is 1.25 bits per heavy atom. The summed E-state index contributed by atoms with van der Waals surface area (Å²) in [5, 5.41) is 8.88. The van der Waals surface area contributed by atoms with Crippen molar-refractivity contribution >= 4 is 0 Å². The van der Waals surface area contributed by atoms with Crippen molar-refractivity contribution in [3.05, 3.63) is 12.2 Å². The van der Waals surface area contributed by atoms with E-state index in [1.807, 2.05) is 0 Å². The second-order valence-corrected chi connectivity index (χ2v) is 2.03. The van der Waals surface area contributed by atoms with Gasteiger partial charge in [0.05, 0.1) is 12.1 Å². The second kappa shape index (κ2) is 1.85. The van der Waals surface area contributed by atoms with E-state index in [1.54, 1.807) is 12.2 Å². The zero-order valence-corrected chi connectivity index (χ0v) is 4.49. The lowest BCUT2D eigenvalue weighted by atomic mass is 10.2. The van der Waals surface area contributed by atoms with Crippen molar-refractivity contribution in [1.82, 2.24) is 0 Å². The topological polar surface area (TPSA) is 72.3 Å². The third kappa shape index (κ3) is 0.753. The highest BCUT2D eigenvalue weighted by molar-refractivity contribution is 5.12. The van der Waals surface area contributed by atoms with Gasteiger partial charge >= 0.3 is 0 Å². The maximum Gasteiger partial charge on any atom is 0.0890 e. The van der Waals surface area contributed by atoms with Crippen LogP contribution in [-0.4, -0.2) is 23.3 Å². The fourth-order valence-corrected chi connectivity index (χ4v) is 0.726. The molecule has 1 rings (SSSR count). The Hall–Kier alpha value is -0.380. The largest absolute Gasteiger partial charge is 0.387 e. The highest BCUT2D eigenvalue weighted by atomic mass is 16.3. The monoisotopic (exact) mass is 114 g/mol. The van der Waals surface area contributed by atoms with Gasteiger partial charge in [0.15, 0.2) is 0 Å². The predicted molar refractivity (Wildman–Crippen MR) is 31.1 cm³/mol. The van der Waals surface area contributed by atoms with E-state index in [4.69, 9.17) is 16.6 Å². The van der Waals surface area contributed by atoms with Gasteiger partial charge in [-0.25, -0.2) is 0 Å². The standard InChI is InChI=1S/C5H10N2O/c6-3-1-2-4(8)5(3)7/h1-5,8H,6-7H2. The number of aliphatic hydroxyl groups excluding tert-OH is 1. The molecule has 0 aromatic rings. The minimum atomic E-state index is -0.537. The molecule has 0 bridgehead atoms. The van der Waals surface area contributed by atoms with Crippen LogP contribution in [0.5, 0.6) is 0 Å². The van der Waals surface area contributed by atoms with E-state index < -0.39 is 6.10 Å². The minimum absolute atomic E-state index is 0.162. The molecular formula is C5H10N2O. The van der Waals surface area contributed by atoms with Crippen LogP contribution in [0, 0.1) is 0 Å². The molecule has 3 unspecified atom stereocenters. The zero-order valence-electron chi connectivity index (χ0n) is 4.49. The van der Waals surface area contributed by atoms with E-state index in [0.717, 1.165) is 0 Å². The van der Waals surface area contributed by atoms with Crippen molar-refractivity contribution in [3.63, 3.8) is 0 Å². The molecule has 46 valence electrons. The molecule has 5 N–H and O–H groups in total. The Kier molecular flexibility index (Phi) is 1.33. The molecule has 0 fully saturated rings. The van der Waals surface area contributed by atoms with Gasteiger partial charge in [-0.3, -0.25) is 0 Å². The summed E-state index contributed by atoms with van der Waals surface area (Å²) in [5.74, 6) is 0. The van der Waals surface area contributed by atoms with E-state index >= 15 is 0 Å². The van der Waals surface area contributed by atoms with Crippen molar-refractivity contribution in [2.75, 3.05) is 0 Å². The summed E-state index contributed by atoms with van der Waals surface area (Å²) >= 11 is 0. The first-order chi connectivity index (χ1) is 3.72. The molecular weight excluding hydrogens is 104 g/mol. The predicted octanol–water partition coefficient (Wildman–Crippen LogP) is -1.43. The molecule has 0 saturated heterocycles. The Labute approximate surface area is 48.0 Å². The van der Waals surface area contributed by atoms with Crippen LogP contribution >= 0.6 is 0 Å². The molecule has 1 aliphatic carbocycles. The van der Waals surface area contributed by atoms with Gasteiger partial charge in [-0.15, -0.1) is 0 Å². The summed E-state index contributed by atoms with van der Waals surface area (Å²) in [4.78, 5) is 0. The Balaban J connectivity index is 2.55. The van der Waals surface area contributed by atoms with Crippen LogP contribution in [0.25, 0.3) is 0 Å². The van der Waals surface area contributed by atoms with Crippen LogP contribution in [0.3, 0.4) is 0 Å². The van der Waals surface area contributed by atoms with Gasteiger partial charge in [-0.05, 0) is 0 Å². The molecule has 0 spiro atoms. The van der Waals surface area contributed by atoms with E-state index in [2.05, 4.69) is 0 Å². The molecule has 0 radical (unpaired) electrons. The molecule has 0 aromatic heterocycles. The van der Waals surface area contributed by atoms with Crippen molar-refractivity contribution < 1.29 is 5.11 Å². The SMILES string of the molecule is NC1C=CC(O)C1N. The molecule has 0 aliphatic heterocycles. The molecule has 3 heteroatoms. The lowest BCUT2D eigenvalue weighted by molar-refractivity contribution is 0.196. The molecule has 8 heavy (non-hydrogen) atoms. The van der Waals surface area contributed by atoms with Crippen LogP contribution in [0.4, 0.5) is 0 Å². The summed E-state index contributed by atoms with van der Waals surface area (Å²) < 4.78 is 0. The van der Waals surface area contributed by atoms with Crippen LogP contribution in [-0.2, 0) is 0 Å². The van der Waals surface area contributed by atoms with Crippen LogP contribution in [0.1, 0.15) is 0 Å². The fraction of sp³-hybridized carbons (Fsp3) is 0.600. The van der Waals surface area contributed by atoms with Crippen LogP contribution < -0.4 is 11.5 Å². The second-order valence-electron chi connectivity index (χ2n) is 2.03. The zero-order chi connectivity index (χ0) is 6.15. The van der Waals surface area contributed by atoms with Crippen molar-refractivity contribution in [3.8, 4) is 0 Å². The molecule has 3 nitrogen and oxygen atoms in total. The summed E-state index contributed by atoms with van der Waals surface area (Å²) in [5.41, 5.74) is 10.8. The normalized spacial score (nSPS) is 45.6. The van der Waals surface area contributed by atoms with Crippen molar-refractivity contribution in [2.45, 2.75) is 18.2 Å². The Morgan fingerprint density at radius 3 is 2.00 bits per heavy atom. The van der Waals surface area contributed by atoms with E-state index in [0.29, 0.717) is 0 Å². The average Bonchev–Trinajstić information content (AvgIpc) is 1.98. The van der Waals surface area contributed by atoms with Crippen LogP contribution in [0.15, 0.2) is 12.2 Å². The van der Waals surface area contributed by atoms with Gasteiger partial charge in [-0.1, -0.05) is 12.2 Å². The number of aliphatic hydroxyl groups is 1. The summed E-state index contributed by atoms with van der Waals surface area (Å²) in [7, 11) is 0. The molecule has 0 saturated carbocycles. The number of hydrogen-bond donors (Lipinski definition) is 3. The van der Waals surface area contributed by atoms with E-state index in [1.165, 1.54) is 0 Å². The van der Waals surface area contributed by atoms with Gasteiger partial charge in [0, 0.05) is 6.04 Å². The smallest absolute Gasteiger partial charge is 0.0890 e. The number of nitrogens with two attached hydrogens (primary N) is 2. The van der Waals surface area contributed by atoms with Crippen molar-refractivity contribution in [2.24, 2.45) is 11.5 Å². The number of rotatable bonds is 0. The fourth-order valence-electron chi connectivity index (χ4n) is 0.726. The minimum Gasteiger partial charge on any atom is -0.387 e. The van der Waals surface area contributed by atoms with E-state index in [-0.39, 0.29) is 12.1 Å². The van der Waals surface area contributed by atoms with Crippen molar-refractivity contribution in [1.29, 1.82) is 0 Å². The van der Waals surface area contributed by atoms with Gasteiger partial charge in [-0.2, -0.15) is 0 Å². The first-order valence-corrected chi connectivity index (χ1v) is 2.59. The lowest BCUT2D eigenvalue weighted by Gasteiger charge is -2.11. The van der Waals surface area contributed by atoms with Gasteiger partial charge in [0.25, 0.3) is 0 Å². The quantitative estimate of drug-likeness (QED) is 0.338. The van der Waals surface area contributed by atoms with Gasteiger partial charge in [0.2, 0.25) is 0 Å². The first-order valence-electron chi connectivity index (χ1n) is 2.59.